The summed E-state index contributed by atoms with van der Waals surface area (Å²) in [6.45, 7) is 9.30. The summed E-state index contributed by atoms with van der Waals surface area (Å²) in [4.78, 5) is 4.64. The van der Waals surface area contributed by atoms with Gasteiger partial charge in [-0.05, 0) is 31.4 Å². The summed E-state index contributed by atoms with van der Waals surface area (Å²) in [5, 5.41) is 0. The maximum Gasteiger partial charge on any atom is 0.216 e. The van der Waals surface area contributed by atoms with Crippen molar-refractivity contribution in [2.45, 2.75) is 33.7 Å². The summed E-state index contributed by atoms with van der Waals surface area (Å²) in [5.74, 6) is 1.36. The maximum absolute atomic E-state index is 5.68. The highest BCUT2D eigenvalue weighted by molar-refractivity contribution is 5.96. The average Bonchev–Trinajstić information content (AvgIpc) is 2.66. The van der Waals surface area contributed by atoms with Crippen LogP contribution in [0.25, 0.3) is 0 Å². The van der Waals surface area contributed by atoms with Crippen LogP contribution in [0.2, 0.25) is 0 Å². The monoisotopic (exact) mass is 217 g/mol. The first-order valence-electron chi connectivity index (χ1n) is 5.86. The van der Waals surface area contributed by atoms with Gasteiger partial charge >= 0.3 is 0 Å². The molecule has 0 unspecified atom stereocenters. The molecule has 1 aliphatic rings. The molecule has 0 fully saturated rings. The van der Waals surface area contributed by atoms with Crippen LogP contribution >= 0.6 is 0 Å². The quantitative estimate of drug-likeness (QED) is 0.746. The summed E-state index contributed by atoms with van der Waals surface area (Å²) in [6.07, 6.45) is 0. The van der Waals surface area contributed by atoms with E-state index in [9.17, 15) is 0 Å². The standard InChI is InChI=1S/C14H19NO/c1-9(2)13-8-16-14(15-13)12-6-5-10(3)7-11(12)4/h5-7,9,13H,8H2,1-4H3/t13-/m0/s1. The van der Waals surface area contributed by atoms with E-state index in [4.69, 9.17) is 4.74 Å². The smallest absolute Gasteiger partial charge is 0.216 e. The molecule has 0 spiro atoms. The molecule has 16 heavy (non-hydrogen) atoms. The molecule has 1 aromatic rings. The Balaban J connectivity index is 2.29. The predicted molar refractivity (Wildman–Crippen MR) is 67.0 cm³/mol. The third kappa shape index (κ3) is 2.11. The largest absolute Gasteiger partial charge is 0.475 e. The predicted octanol–water partition coefficient (Wildman–Crippen LogP) is 3.10. The van der Waals surface area contributed by atoms with Gasteiger partial charge in [0.15, 0.2) is 0 Å². The normalized spacial score (nSPS) is 19.8. The van der Waals surface area contributed by atoms with Gasteiger partial charge in [-0.3, -0.25) is 0 Å². The van der Waals surface area contributed by atoms with Crippen LogP contribution in [0.3, 0.4) is 0 Å². The van der Waals surface area contributed by atoms with E-state index in [-0.39, 0.29) is 0 Å². The van der Waals surface area contributed by atoms with Gasteiger partial charge in [-0.1, -0.05) is 31.5 Å². The van der Waals surface area contributed by atoms with Gasteiger partial charge < -0.3 is 4.74 Å². The zero-order valence-electron chi connectivity index (χ0n) is 10.4. The van der Waals surface area contributed by atoms with Crippen molar-refractivity contribution in [3.8, 4) is 0 Å². The highest BCUT2D eigenvalue weighted by atomic mass is 16.5. The number of aryl methyl sites for hydroxylation is 2. The molecule has 0 aliphatic carbocycles. The van der Waals surface area contributed by atoms with Crippen molar-refractivity contribution >= 4 is 5.90 Å². The number of aliphatic imine (C=N–C) groups is 1. The molecule has 1 aromatic carbocycles. The summed E-state index contributed by atoms with van der Waals surface area (Å²) in [7, 11) is 0. The van der Waals surface area contributed by atoms with Gasteiger partial charge in [0.1, 0.15) is 6.61 Å². The van der Waals surface area contributed by atoms with E-state index in [0.29, 0.717) is 12.0 Å². The van der Waals surface area contributed by atoms with Crippen LogP contribution in [0.4, 0.5) is 0 Å². The molecule has 2 heteroatoms. The first kappa shape index (κ1) is 11.2. The van der Waals surface area contributed by atoms with Crippen molar-refractivity contribution in [2.24, 2.45) is 10.9 Å². The van der Waals surface area contributed by atoms with Crippen molar-refractivity contribution in [1.82, 2.24) is 0 Å². The zero-order chi connectivity index (χ0) is 11.7. The molecule has 0 N–H and O–H groups in total. The fraction of sp³-hybridized carbons (Fsp3) is 0.500. The number of nitrogens with zero attached hydrogens (tertiary/aromatic N) is 1. The van der Waals surface area contributed by atoms with Crippen LogP contribution in [0.5, 0.6) is 0 Å². The van der Waals surface area contributed by atoms with Crippen molar-refractivity contribution in [2.75, 3.05) is 6.61 Å². The van der Waals surface area contributed by atoms with Gasteiger partial charge in [0.2, 0.25) is 5.90 Å². The van der Waals surface area contributed by atoms with E-state index in [1.165, 1.54) is 11.1 Å². The van der Waals surface area contributed by atoms with Gasteiger partial charge in [-0.15, -0.1) is 0 Å². The molecule has 2 rings (SSSR count). The van der Waals surface area contributed by atoms with Crippen molar-refractivity contribution < 1.29 is 4.74 Å². The second-order valence-electron chi connectivity index (χ2n) is 4.87. The molecule has 1 heterocycles. The summed E-state index contributed by atoms with van der Waals surface area (Å²) in [6, 6.07) is 6.70. The lowest BCUT2D eigenvalue weighted by molar-refractivity contribution is 0.292. The molecular formula is C14H19NO. The molecule has 86 valence electrons. The SMILES string of the molecule is Cc1ccc(C2=N[C@H](C(C)C)CO2)c(C)c1. The number of ether oxygens (including phenoxy) is 1. The number of hydrogen-bond acceptors (Lipinski definition) is 2. The molecule has 1 atom stereocenters. The molecule has 0 amide bonds. The third-order valence-electron chi connectivity index (χ3n) is 3.06. The Labute approximate surface area is 97.4 Å². The maximum atomic E-state index is 5.68. The lowest BCUT2D eigenvalue weighted by Crippen LogP contribution is -2.13. The van der Waals surface area contributed by atoms with Crippen molar-refractivity contribution in [1.29, 1.82) is 0 Å². The average molecular weight is 217 g/mol. The lowest BCUT2D eigenvalue weighted by Gasteiger charge is -2.06. The van der Waals surface area contributed by atoms with Gasteiger partial charge in [0.05, 0.1) is 6.04 Å². The molecule has 0 saturated carbocycles. The number of benzene rings is 1. The number of hydrogen-bond donors (Lipinski definition) is 0. The van der Waals surface area contributed by atoms with E-state index >= 15 is 0 Å². The third-order valence-corrected chi connectivity index (χ3v) is 3.06. The van der Waals surface area contributed by atoms with E-state index in [1.54, 1.807) is 0 Å². The molecule has 0 radical (unpaired) electrons. The van der Waals surface area contributed by atoms with E-state index in [0.717, 1.165) is 18.1 Å². The van der Waals surface area contributed by atoms with E-state index in [2.05, 4.69) is 50.9 Å². The summed E-state index contributed by atoms with van der Waals surface area (Å²) < 4.78 is 5.68. The Morgan fingerprint density at radius 3 is 2.62 bits per heavy atom. The first-order valence-corrected chi connectivity index (χ1v) is 5.86. The fourth-order valence-corrected chi connectivity index (χ4v) is 1.93. The van der Waals surface area contributed by atoms with Crippen LogP contribution in [0, 0.1) is 19.8 Å². The van der Waals surface area contributed by atoms with Crippen LogP contribution < -0.4 is 0 Å². The molecule has 0 saturated heterocycles. The fourth-order valence-electron chi connectivity index (χ4n) is 1.93. The highest BCUT2D eigenvalue weighted by Crippen LogP contribution is 2.20. The minimum absolute atomic E-state index is 0.315. The first-order chi connectivity index (χ1) is 7.58. The van der Waals surface area contributed by atoms with Gasteiger partial charge in [-0.2, -0.15) is 0 Å². The summed E-state index contributed by atoms with van der Waals surface area (Å²) >= 11 is 0. The van der Waals surface area contributed by atoms with E-state index in [1.807, 2.05) is 0 Å². The zero-order valence-corrected chi connectivity index (χ0v) is 10.4. The van der Waals surface area contributed by atoms with E-state index < -0.39 is 0 Å². The Hall–Kier alpha value is -1.31. The number of rotatable bonds is 2. The molecular weight excluding hydrogens is 198 g/mol. The van der Waals surface area contributed by atoms with Crippen molar-refractivity contribution in [3.05, 3.63) is 34.9 Å². The van der Waals surface area contributed by atoms with Gasteiger partial charge in [0.25, 0.3) is 0 Å². The van der Waals surface area contributed by atoms with Crippen molar-refractivity contribution in [3.63, 3.8) is 0 Å². The van der Waals surface area contributed by atoms with Crippen LogP contribution in [-0.2, 0) is 4.74 Å². The lowest BCUT2D eigenvalue weighted by atomic mass is 10.1. The minimum Gasteiger partial charge on any atom is -0.475 e. The second-order valence-corrected chi connectivity index (χ2v) is 4.87. The second kappa shape index (κ2) is 4.28. The summed E-state index contributed by atoms with van der Waals surface area (Å²) in [5.41, 5.74) is 3.65. The molecule has 0 aromatic heterocycles. The minimum atomic E-state index is 0.315. The molecule has 2 nitrogen and oxygen atoms in total. The Bertz CT molecular complexity index is 421. The Morgan fingerprint density at radius 1 is 1.31 bits per heavy atom. The topological polar surface area (TPSA) is 21.6 Å². The Morgan fingerprint density at radius 2 is 2.06 bits per heavy atom. The van der Waals surface area contributed by atoms with Gasteiger partial charge in [-0.25, -0.2) is 4.99 Å². The van der Waals surface area contributed by atoms with Crippen LogP contribution in [0.1, 0.15) is 30.5 Å². The van der Waals surface area contributed by atoms with Crippen LogP contribution in [-0.4, -0.2) is 18.5 Å². The van der Waals surface area contributed by atoms with Gasteiger partial charge in [0, 0.05) is 5.56 Å². The van der Waals surface area contributed by atoms with Crippen LogP contribution in [0.15, 0.2) is 23.2 Å². The molecule has 1 aliphatic heterocycles. The Kier molecular flexibility index (Phi) is 2.99. The highest BCUT2D eigenvalue weighted by Gasteiger charge is 2.23. The molecule has 0 bridgehead atoms.